The van der Waals surface area contributed by atoms with Crippen LogP contribution >= 0.6 is 0 Å². The maximum Gasteiger partial charge on any atom is 0.159 e. The number of ether oxygens (including phenoxy) is 1. The molecule has 3 aromatic rings. The van der Waals surface area contributed by atoms with Crippen molar-refractivity contribution in [3.05, 3.63) is 34.3 Å². The van der Waals surface area contributed by atoms with Crippen LogP contribution < -0.4 is 4.90 Å². The molecule has 0 radical (unpaired) electrons. The maximum absolute atomic E-state index is 5.54. The first-order chi connectivity index (χ1) is 14.5. The molecule has 4 heterocycles. The van der Waals surface area contributed by atoms with Crippen LogP contribution in [-0.2, 0) is 18.2 Å². The number of nitrogens with zero attached hydrogens (tertiary/aromatic N) is 7. The van der Waals surface area contributed by atoms with Crippen LogP contribution in [0.5, 0.6) is 0 Å². The van der Waals surface area contributed by atoms with Crippen molar-refractivity contribution in [3.63, 3.8) is 0 Å². The lowest BCUT2D eigenvalue weighted by molar-refractivity contribution is 0.122. The van der Waals surface area contributed by atoms with Crippen molar-refractivity contribution in [2.24, 2.45) is 7.05 Å². The maximum atomic E-state index is 5.54. The predicted molar refractivity (Wildman–Crippen MR) is 119 cm³/mol. The summed E-state index contributed by atoms with van der Waals surface area (Å²) in [6, 6.07) is 0. The lowest BCUT2D eigenvalue weighted by Gasteiger charge is -2.28. The number of rotatable bonds is 5. The fraction of sp³-hybridized carbons (Fsp3) is 0.500. The molecule has 0 aliphatic carbocycles. The van der Waals surface area contributed by atoms with Gasteiger partial charge in [0.15, 0.2) is 11.6 Å². The first kappa shape index (κ1) is 20.4. The van der Waals surface area contributed by atoms with Gasteiger partial charge in [0.2, 0.25) is 0 Å². The predicted octanol–water partition coefficient (Wildman–Crippen LogP) is 3.04. The summed E-state index contributed by atoms with van der Waals surface area (Å²) in [5.41, 5.74) is 6.56. The van der Waals surface area contributed by atoms with Crippen molar-refractivity contribution in [2.45, 2.75) is 40.5 Å². The SMILES string of the molecule is CCCc1nn(C)c2c(N3CCOCC3)nc(/C=C/c3nc(C)c(C)nc3C)nc12. The second-order valence-electron chi connectivity index (χ2n) is 7.72. The van der Waals surface area contributed by atoms with Gasteiger partial charge in [0.25, 0.3) is 0 Å². The molecule has 0 bridgehead atoms. The Bertz CT molecular complexity index is 1100. The molecule has 8 nitrogen and oxygen atoms in total. The Hall–Kier alpha value is -2.87. The Morgan fingerprint density at radius 1 is 0.933 bits per heavy atom. The Kier molecular flexibility index (Phi) is 5.76. The lowest BCUT2D eigenvalue weighted by atomic mass is 10.2. The molecular formula is C22H29N7O. The highest BCUT2D eigenvalue weighted by atomic mass is 16.5. The van der Waals surface area contributed by atoms with Crippen LogP contribution in [0, 0.1) is 20.8 Å². The van der Waals surface area contributed by atoms with Gasteiger partial charge in [0, 0.05) is 20.1 Å². The average molecular weight is 408 g/mol. The topological polar surface area (TPSA) is 81.9 Å². The van der Waals surface area contributed by atoms with E-state index in [-0.39, 0.29) is 0 Å². The molecule has 3 aromatic heterocycles. The minimum absolute atomic E-state index is 0.661. The van der Waals surface area contributed by atoms with Crippen LogP contribution in [0.4, 0.5) is 5.82 Å². The minimum Gasteiger partial charge on any atom is -0.378 e. The summed E-state index contributed by atoms with van der Waals surface area (Å²) < 4.78 is 7.45. The van der Waals surface area contributed by atoms with Gasteiger partial charge in [-0.15, -0.1) is 0 Å². The number of aromatic nitrogens is 6. The van der Waals surface area contributed by atoms with Crippen molar-refractivity contribution in [2.75, 3.05) is 31.2 Å². The van der Waals surface area contributed by atoms with E-state index in [1.54, 1.807) is 0 Å². The first-order valence-corrected chi connectivity index (χ1v) is 10.5. The van der Waals surface area contributed by atoms with Gasteiger partial charge in [0.05, 0.1) is 41.7 Å². The molecule has 4 rings (SSSR count). The summed E-state index contributed by atoms with van der Waals surface area (Å²) in [6.07, 6.45) is 5.79. The van der Waals surface area contributed by atoms with Gasteiger partial charge in [-0.3, -0.25) is 9.67 Å². The van der Waals surface area contributed by atoms with Crippen LogP contribution in [0.3, 0.4) is 0 Å². The van der Waals surface area contributed by atoms with E-state index in [2.05, 4.69) is 21.8 Å². The molecule has 1 saturated heterocycles. The van der Waals surface area contributed by atoms with E-state index in [1.165, 1.54) is 0 Å². The van der Waals surface area contributed by atoms with Gasteiger partial charge < -0.3 is 9.64 Å². The third kappa shape index (κ3) is 3.92. The smallest absolute Gasteiger partial charge is 0.159 e. The van der Waals surface area contributed by atoms with Crippen LogP contribution in [0.25, 0.3) is 23.2 Å². The van der Waals surface area contributed by atoms with Gasteiger partial charge in [0.1, 0.15) is 11.0 Å². The molecule has 8 heteroatoms. The summed E-state index contributed by atoms with van der Waals surface area (Å²) in [4.78, 5) is 21.3. The molecule has 0 aromatic carbocycles. The molecule has 1 fully saturated rings. The van der Waals surface area contributed by atoms with Crippen LogP contribution in [0.1, 0.15) is 47.6 Å². The molecule has 0 N–H and O–H groups in total. The second-order valence-corrected chi connectivity index (χ2v) is 7.72. The van der Waals surface area contributed by atoms with Gasteiger partial charge in [-0.1, -0.05) is 13.3 Å². The monoisotopic (exact) mass is 407 g/mol. The molecule has 158 valence electrons. The third-order valence-electron chi connectivity index (χ3n) is 5.46. The highest BCUT2D eigenvalue weighted by Gasteiger charge is 2.22. The van der Waals surface area contributed by atoms with Crippen molar-refractivity contribution in [1.82, 2.24) is 29.7 Å². The van der Waals surface area contributed by atoms with Gasteiger partial charge in [-0.2, -0.15) is 5.10 Å². The molecular weight excluding hydrogens is 378 g/mol. The number of anilines is 1. The number of hydrogen-bond acceptors (Lipinski definition) is 7. The third-order valence-corrected chi connectivity index (χ3v) is 5.46. The van der Waals surface area contributed by atoms with Crippen LogP contribution in [-0.4, -0.2) is 56.0 Å². The Balaban J connectivity index is 1.81. The van der Waals surface area contributed by atoms with Gasteiger partial charge in [-0.25, -0.2) is 15.0 Å². The van der Waals surface area contributed by atoms with E-state index < -0.39 is 0 Å². The van der Waals surface area contributed by atoms with Crippen molar-refractivity contribution in [1.29, 1.82) is 0 Å². The standard InChI is InChI=1S/C22H29N7O/c1-6-7-18-20-21(28(5)27-18)22(29-10-12-30-13-11-29)26-19(25-20)9-8-17-16(4)23-14(2)15(3)24-17/h8-9H,6-7,10-13H2,1-5H3/b9-8+. The summed E-state index contributed by atoms with van der Waals surface area (Å²) in [6.45, 7) is 11.1. The molecule has 1 aliphatic heterocycles. The summed E-state index contributed by atoms with van der Waals surface area (Å²) >= 11 is 0. The summed E-state index contributed by atoms with van der Waals surface area (Å²) in [7, 11) is 1.97. The number of aryl methyl sites for hydroxylation is 5. The normalized spacial score (nSPS) is 14.9. The zero-order chi connectivity index (χ0) is 21.3. The fourth-order valence-electron chi connectivity index (χ4n) is 3.76. The summed E-state index contributed by atoms with van der Waals surface area (Å²) in [5, 5.41) is 4.74. The fourth-order valence-corrected chi connectivity index (χ4v) is 3.76. The molecule has 0 amide bonds. The highest BCUT2D eigenvalue weighted by Crippen LogP contribution is 2.28. The van der Waals surface area contributed by atoms with Crippen molar-refractivity contribution >= 4 is 29.0 Å². The Morgan fingerprint density at radius 3 is 2.40 bits per heavy atom. The summed E-state index contributed by atoms with van der Waals surface area (Å²) in [5.74, 6) is 1.58. The largest absolute Gasteiger partial charge is 0.378 e. The van der Waals surface area contributed by atoms with Crippen LogP contribution in [0.2, 0.25) is 0 Å². The number of morpholine rings is 1. The second kappa shape index (κ2) is 8.47. The lowest BCUT2D eigenvalue weighted by Crippen LogP contribution is -2.37. The van der Waals surface area contributed by atoms with E-state index in [4.69, 9.17) is 19.8 Å². The Morgan fingerprint density at radius 2 is 1.67 bits per heavy atom. The minimum atomic E-state index is 0.661. The quantitative estimate of drug-likeness (QED) is 0.643. The number of fused-ring (bicyclic) bond motifs is 1. The molecule has 0 spiro atoms. The van der Waals surface area contributed by atoms with Crippen LogP contribution in [0.15, 0.2) is 0 Å². The molecule has 0 unspecified atom stereocenters. The van der Waals surface area contributed by atoms with Crippen molar-refractivity contribution < 1.29 is 4.74 Å². The zero-order valence-corrected chi connectivity index (χ0v) is 18.4. The Labute approximate surface area is 177 Å². The first-order valence-electron chi connectivity index (χ1n) is 10.5. The van der Waals surface area contributed by atoms with E-state index in [0.717, 1.165) is 71.3 Å². The zero-order valence-electron chi connectivity index (χ0n) is 18.4. The molecule has 0 atom stereocenters. The van der Waals surface area contributed by atoms with Gasteiger partial charge in [-0.05, 0) is 39.3 Å². The van der Waals surface area contributed by atoms with E-state index in [9.17, 15) is 0 Å². The molecule has 30 heavy (non-hydrogen) atoms. The van der Waals surface area contributed by atoms with Gasteiger partial charge >= 0.3 is 0 Å². The van der Waals surface area contributed by atoms with Crippen molar-refractivity contribution in [3.8, 4) is 0 Å². The molecule has 1 aliphatic rings. The molecule has 0 saturated carbocycles. The van der Waals surface area contributed by atoms with E-state index in [0.29, 0.717) is 19.0 Å². The number of hydrogen-bond donors (Lipinski definition) is 0. The highest BCUT2D eigenvalue weighted by molar-refractivity contribution is 5.89. The van der Waals surface area contributed by atoms with E-state index >= 15 is 0 Å². The van der Waals surface area contributed by atoms with E-state index in [1.807, 2.05) is 44.7 Å². The average Bonchev–Trinajstić information content (AvgIpc) is 3.05.